The molecule has 0 unspecified atom stereocenters. The van der Waals surface area contributed by atoms with E-state index in [2.05, 4.69) is 32.9 Å². The number of nitrogens with zero attached hydrogens (tertiary/aromatic N) is 2. The molecule has 0 amide bonds. The molecular weight excluding hydrogens is 268 g/mol. The zero-order chi connectivity index (χ0) is 14.4. The Morgan fingerprint density at radius 1 is 1.45 bits per heavy atom. The number of thiazole rings is 1. The lowest BCUT2D eigenvalue weighted by molar-refractivity contribution is 0.131. The molecule has 1 aliphatic rings. The van der Waals surface area contributed by atoms with E-state index in [1.807, 2.05) is 14.0 Å². The number of aromatic nitrogens is 1. The second-order valence-electron chi connectivity index (χ2n) is 5.67. The Bertz CT molecular complexity index is 443. The van der Waals surface area contributed by atoms with E-state index in [1.54, 1.807) is 11.3 Å². The predicted octanol–water partition coefficient (Wildman–Crippen LogP) is 2.74. The van der Waals surface area contributed by atoms with Crippen LogP contribution in [0, 0.1) is 12.3 Å². The molecule has 0 spiro atoms. The Kier molecular flexibility index (Phi) is 5.40. The Balaban J connectivity index is 1.70. The lowest BCUT2D eigenvalue weighted by Gasteiger charge is -2.41. The van der Waals surface area contributed by atoms with Crippen LogP contribution in [-0.2, 0) is 6.42 Å². The third kappa shape index (κ3) is 3.95. The topological polar surface area (TPSA) is 49.3 Å². The third-order valence-electron chi connectivity index (χ3n) is 4.36. The van der Waals surface area contributed by atoms with E-state index in [0.29, 0.717) is 5.41 Å². The highest BCUT2D eigenvalue weighted by Gasteiger charge is 2.34. The number of aliphatic imine (C=N–C) groups is 1. The molecule has 112 valence electrons. The van der Waals surface area contributed by atoms with Crippen molar-refractivity contribution >= 4 is 17.3 Å². The molecule has 0 saturated heterocycles. The fourth-order valence-electron chi connectivity index (χ4n) is 2.66. The van der Waals surface area contributed by atoms with Crippen LogP contribution < -0.4 is 10.6 Å². The Hall–Kier alpha value is -1.10. The lowest BCUT2D eigenvalue weighted by Crippen LogP contribution is -2.46. The molecular formula is C15H26N4S. The smallest absolute Gasteiger partial charge is 0.191 e. The van der Waals surface area contributed by atoms with E-state index in [4.69, 9.17) is 0 Å². The molecule has 1 fully saturated rings. The molecule has 0 aromatic carbocycles. The summed E-state index contributed by atoms with van der Waals surface area (Å²) >= 11 is 1.71. The molecule has 0 aliphatic heterocycles. The van der Waals surface area contributed by atoms with Crippen LogP contribution in [0.25, 0.3) is 0 Å². The monoisotopic (exact) mass is 294 g/mol. The number of guanidine groups is 1. The lowest BCUT2D eigenvalue weighted by atomic mass is 9.67. The van der Waals surface area contributed by atoms with Crippen molar-refractivity contribution in [2.75, 3.05) is 20.1 Å². The maximum Gasteiger partial charge on any atom is 0.191 e. The van der Waals surface area contributed by atoms with Crippen molar-refractivity contribution < 1.29 is 0 Å². The molecule has 1 aliphatic carbocycles. The van der Waals surface area contributed by atoms with Crippen molar-refractivity contribution in [2.24, 2.45) is 10.4 Å². The molecule has 1 aromatic rings. The molecule has 1 aromatic heterocycles. The van der Waals surface area contributed by atoms with Crippen LogP contribution in [0.4, 0.5) is 0 Å². The molecule has 1 heterocycles. The van der Waals surface area contributed by atoms with Gasteiger partial charge in [-0.2, -0.15) is 0 Å². The Morgan fingerprint density at radius 2 is 2.25 bits per heavy atom. The summed E-state index contributed by atoms with van der Waals surface area (Å²) in [5.74, 6) is 0.914. The number of nitrogens with one attached hydrogen (secondary N) is 2. The highest BCUT2D eigenvalue weighted by atomic mass is 32.1. The molecule has 0 radical (unpaired) electrons. The van der Waals surface area contributed by atoms with Gasteiger partial charge in [-0.3, -0.25) is 4.99 Å². The highest BCUT2D eigenvalue weighted by Crippen LogP contribution is 2.42. The van der Waals surface area contributed by atoms with Gasteiger partial charge < -0.3 is 10.6 Å². The van der Waals surface area contributed by atoms with Gasteiger partial charge in [0.15, 0.2) is 5.96 Å². The van der Waals surface area contributed by atoms with E-state index in [9.17, 15) is 0 Å². The van der Waals surface area contributed by atoms with Gasteiger partial charge in [-0.25, -0.2) is 4.98 Å². The largest absolute Gasteiger partial charge is 0.356 e. The van der Waals surface area contributed by atoms with Crippen LogP contribution in [0.5, 0.6) is 0 Å². The maximum atomic E-state index is 4.47. The van der Waals surface area contributed by atoms with E-state index < -0.39 is 0 Å². The van der Waals surface area contributed by atoms with Gasteiger partial charge in [0.25, 0.3) is 0 Å². The standard InChI is InChI=1S/C15H26N4S/c1-4-15(7-5-8-15)11-18-14(16-3)17-9-6-13-10-20-12(2)19-13/h10H,4-9,11H2,1-3H3,(H2,16,17,18). The van der Waals surface area contributed by atoms with Gasteiger partial charge in [0, 0.05) is 31.9 Å². The maximum absolute atomic E-state index is 4.47. The molecule has 5 heteroatoms. The second-order valence-corrected chi connectivity index (χ2v) is 6.73. The zero-order valence-corrected chi connectivity index (χ0v) is 13.6. The number of aryl methyl sites for hydroxylation is 1. The average molecular weight is 294 g/mol. The summed E-state index contributed by atoms with van der Waals surface area (Å²) in [6.45, 7) is 6.26. The minimum absolute atomic E-state index is 0.518. The molecule has 1 saturated carbocycles. The van der Waals surface area contributed by atoms with Crippen molar-refractivity contribution in [2.45, 2.75) is 46.0 Å². The molecule has 0 atom stereocenters. The van der Waals surface area contributed by atoms with Crippen LogP contribution >= 0.6 is 11.3 Å². The van der Waals surface area contributed by atoms with E-state index in [0.717, 1.165) is 30.5 Å². The van der Waals surface area contributed by atoms with E-state index in [1.165, 1.54) is 31.4 Å². The van der Waals surface area contributed by atoms with Gasteiger partial charge in [-0.1, -0.05) is 13.3 Å². The van der Waals surface area contributed by atoms with Gasteiger partial charge in [-0.05, 0) is 31.6 Å². The molecule has 0 bridgehead atoms. The van der Waals surface area contributed by atoms with Gasteiger partial charge in [0.2, 0.25) is 0 Å². The summed E-state index contributed by atoms with van der Waals surface area (Å²) in [5.41, 5.74) is 1.68. The van der Waals surface area contributed by atoms with Crippen molar-refractivity contribution in [3.05, 3.63) is 16.1 Å². The fourth-order valence-corrected chi connectivity index (χ4v) is 3.30. The van der Waals surface area contributed by atoms with Crippen molar-refractivity contribution in [3.63, 3.8) is 0 Å². The van der Waals surface area contributed by atoms with Crippen LogP contribution in [0.2, 0.25) is 0 Å². The molecule has 2 N–H and O–H groups in total. The van der Waals surface area contributed by atoms with E-state index >= 15 is 0 Å². The minimum atomic E-state index is 0.518. The van der Waals surface area contributed by atoms with Gasteiger partial charge in [0.05, 0.1) is 10.7 Å². The summed E-state index contributed by atoms with van der Waals surface area (Å²) < 4.78 is 0. The second kappa shape index (κ2) is 7.07. The summed E-state index contributed by atoms with van der Waals surface area (Å²) in [6, 6.07) is 0. The number of hydrogen-bond donors (Lipinski definition) is 2. The fraction of sp³-hybridized carbons (Fsp3) is 0.733. The van der Waals surface area contributed by atoms with Gasteiger partial charge in [0.1, 0.15) is 0 Å². The SMILES string of the molecule is CCC1(CNC(=NC)NCCc2csc(C)n2)CCC1. The van der Waals surface area contributed by atoms with Crippen molar-refractivity contribution in [1.29, 1.82) is 0 Å². The first-order valence-electron chi connectivity index (χ1n) is 7.53. The van der Waals surface area contributed by atoms with Crippen molar-refractivity contribution in [1.82, 2.24) is 15.6 Å². The zero-order valence-electron chi connectivity index (χ0n) is 12.8. The third-order valence-corrected chi connectivity index (χ3v) is 5.18. The van der Waals surface area contributed by atoms with Gasteiger partial charge in [-0.15, -0.1) is 11.3 Å². The average Bonchev–Trinajstić information content (AvgIpc) is 2.81. The molecule has 4 nitrogen and oxygen atoms in total. The van der Waals surface area contributed by atoms with Crippen LogP contribution in [0.3, 0.4) is 0 Å². The van der Waals surface area contributed by atoms with Gasteiger partial charge >= 0.3 is 0 Å². The first kappa shape index (κ1) is 15.3. The van der Waals surface area contributed by atoms with Crippen LogP contribution in [-0.4, -0.2) is 31.1 Å². The number of hydrogen-bond acceptors (Lipinski definition) is 3. The minimum Gasteiger partial charge on any atom is -0.356 e. The highest BCUT2D eigenvalue weighted by molar-refractivity contribution is 7.09. The number of rotatable bonds is 6. The summed E-state index contributed by atoms with van der Waals surface area (Å²) in [5, 5.41) is 10.1. The normalized spacial score (nSPS) is 17.6. The molecule has 20 heavy (non-hydrogen) atoms. The van der Waals surface area contributed by atoms with Crippen LogP contribution in [0.1, 0.15) is 43.3 Å². The Morgan fingerprint density at radius 3 is 2.75 bits per heavy atom. The first-order valence-corrected chi connectivity index (χ1v) is 8.41. The van der Waals surface area contributed by atoms with E-state index in [-0.39, 0.29) is 0 Å². The Labute approximate surface area is 126 Å². The summed E-state index contributed by atoms with van der Waals surface area (Å²) in [7, 11) is 1.84. The molecule has 2 rings (SSSR count). The first-order chi connectivity index (χ1) is 9.67. The quantitative estimate of drug-likeness (QED) is 0.626. The van der Waals surface area contributed by atoms with Crippen molar-refractivity contribution in [3.8, 4) is 0 Å². The predicted molar refractivity (Wildman–Crippen MR) is 86.5 cm³/mol. The summed E-state index contributed by atoms with van der Waals surface area (Å²) in [4.78, 5) is 8.77. The summed E-state index contributed by atoms with van der Waals surface area (Å²) in [6.07, 6.45) is 6.29. The van der Waals surface area contributed by atoms with Crippen LogP contribution in [0.15, 0.2) is 10.4 Å².